The zero-order chi connectivity index (χ0) is 7.28. The molecule has 0 aliphatic heterocycles. The Morgan fingerprint density at radius 3 is 2.67 bits per heavy atom. The van der Waals surface area contributed by atoms with E-state index in [0.29, 0.717) is 6.61 Å². The van der Waals surface area contributed by atoms with Crippen molar-refractivity contribution < 1.29 is 9.84 Å². The summed E-state index contributed by atoms with van der Waals surface area (Å²) >= 11 is 0. The highest BCUT2D eigenvalue weighted by Crippen LogP contribution is 1.96. The van der Waals surface area contributed by atoms with E-state index in [0.717, 1.165) is 5.76 Å². The van der Waals surface area contributed by atoms with Gasteiger partial charge < -0.3 is 9.84 Å². The van der Waals surface area contributed by atoms with Crippen LogP contribution in [-0.2, 0) is 4.74 Å². The van der Waals surface area contributed by atoms with Crippen molar-refractivity contribution in [3.8, 4) is 0 Å². The lowest BCUT2D eigenvalue weighted by molar-refractivity contribution is 0.206. The first-order valence-electron chi connectivity index (χ1n) is 3.16. The molecule has 0 heterocycles. The average molecular weight is 130 g/mol. The number of hydrogen-bond acceptors (Lipinski definition) is 2. The molecule has 0 aliphatic rings. The monoisotopic (exact) mass is 130 g/mol. The van der Waals surface area contributed by atoms with E-state index >= 15 is 0 Å². The first-order chi connectivity index (χ1) is 4.16. The smallest absolute Gasteiger partial charge is 0.0914 e. The van der Waals surface area contributed by atoms with Gasteiger partial charge in [-0.05, 0) is 26.8 Å². The first kappa shape index (κ1) is 8.50. The Morgan fingerprint density at radius 2 is 2.33 bits per heavy atom. The van der Waals surface area contributed by atoms with Gasteiger partial charge in [-0.2, -0.15) is 0 Å². The number of hydrogen-bond donors (Lipinski definition) is 1. The van der Waals surface area contributed by atoms with Crippen molar-refractivity contribution >= 4 is 0 Å². The van der Waals surface area contributed by atoms with Crippen molar-refractivity contribution in [3.63, 3.8) is 0 Å². The summed E-state index contributed by atoms with van der Waals surface area (Å²) in [4.78, 5) is 0. The third kappa shape index (κ3) is 5.37. The maximum absolute atomic E-state index is 8.79. The molecular weight excluding hydrogens is 116 g/mol. The molecule has 54 valence electrons. The molecule has 2 heteroatoms. The second-order valence-corrected chi connectivity index (χ2v) is 1.95. The van der Waals surface area contributed by atoms with Crippen LogP contribution in [0.1, 0.15) is 20.8 Å². The summed E-state index contributed by atoms with van der Waals surface area (Å²) in [5.74, 6) is 0.785. The van der Waals surface area contributed by atoms with Crippen LogP contribution < -0.4 is 0 Å². The highest BCUT2D eigenvalue weighted by Gasteiger charge is 1.90. The quantitative estimate of drug-likeness (QED) is 0.583. The highest BCUT2D eigenvalue weighted by atomic mass is 16.5. The molecule has 1 atom stereocenters. The molecule has 0 bridgehead atoms. The average Bonchev–Trinajstić information content (AvgIpc) is 1.63. The van der Waals surface area contributed by atoms with Crippen molar-refractivity contribution in [1.82, 2.24) is 0 Å². The topological polar surface area (TPSA) is 29.5 Å². The van der Waals surface area contributed by atoms with E-state index in [1.54, 1.807) is 13.0 Å². The highest BCUT2D eigenvalue weighted by molar-refractivity contribution is 4.91. The van der Waals surface area contributed by atoms with Crippen molar-refractivity contribution in [1.29, 1.82) is 0 Å². The summed E-state index contributed by atoms with van der Waals surface area (Å²) < 4.78 is 5.05. The predicted molar refractivity (Wildman–Crippen MR) is 37.1 cm³/mol. The van der Waals surface area contributed by atoms with Gasteiger partial charge in [0, 0.05) is 0 Å². The van der Waals surface area contributed by atoms with Crippen LogP contribution in [0, 0.1) is 0 Å². The summed E-state index contributed by atoms with van der Waals surface area (Å²) in [6.07, 6.45) is 1.26. The second-order valence-electron chi connectivity index (χ2n) is 1.95. The van der Waals surface area contributed by atoms with Gasteiger partial charge in [0.25, 0.3) is 0 Å². The molecule has 0 fully saturated rings. The molecule has 0 aromatic heterocycles. The van der Waals surface area contributed by atoms with Crippen molar-refractivity contribution in [2.45, 2.75) is 26.9 Å². The van der Waals surface area contributed by atoms with Crippen LogP contribution in [0.2, 0.25) is 0 Å². The minimum Gasteiger partial charge on any atom is -0.499 e. The fourth-order valence-corrected chi connectivity index (χ4v) is 0.615. The van der Waals surface area contributed by atoms with Crippen LogP contribution in [0.5, 0.6) is 0 Å². The van der Waals surface area contributed by atoms with Crippen molar-refractivity contribution in [3.05, 3.63) is 11.8 Å². The van der Waals surface area contributed by atoms with Crippen molar-refractivity contribution in [2.24, 2.45) is 0 Å². The van der Waals surface area contributed by atoms with Gasteiger partial charge in [0.05, 0.1) is 18.5 Å². The Hall–Kier alpha value is -0.500. The fourth-order valence-electron chi connectivity index (χ4n) is 0.615. The van der Waals surface area contributed by atoms with E-state index in [-0.39, 0.29) is 0 Å². The first-order valence-corrected chi connectivity index (χ1v) is 3.16. The maximum Gasteiger partial charge on any atom is 0.0914 e. The minimum atomic E-state index is -0.406. The molecule has 0 aliphatic carbocycles. The molecule has 0 rings (SSSR count). The Morgan fingerprint density at radius 1 is 1.78 bits per heavy atom. The molecule has 1 N–H and O–H groups in total. The maximum atomic E-state index is 8.79. The molecule has 9 heavy (non-hydrogen) atoms. The van der Waals surface area contributed by atoms with E-state index in [2.05, 4.69) is 0 Å². The van der Waals surface area contributed by atoms with Gasteiger partial charge in [0.15, 0.2) is 0 Å². The van der Waals surface area contributed by atoms with Gasteiger partial charge in [-0.15, -0.1) is 0 Å². The van der Waals surface area contributed by atoms with Gasteiger partial charge in [0.1, 0.15) is 0 Å². The number of aliphatic hydroxyl groups excluding tert-OH is 1. The second kappa shape index (κ2) is 4.39. The SMILES string of the molecule is CCO/C(C)=C\C(C)O. The van der Waals surface area contributed by atoms with Gasteiger partial charge in [-0.25, -0.2) is 0 Å². The minimum absolute atomic E-state index is 0.406. The van der Waals surface area contributed by atoms with E-state index in [1.165, 1.54) is 0 Å². The van der Waals surface area contributed by atoms with E-state index in [1.807, 2.05) is 13.8 Å². The van der Waals surface area contributed by atoms with E-state index in [4.69, 9.17) is 9.84 Å². The third-order valence-corrected chi connectivity index (χ3v) is 0.848. The van der Waals surface area contributed by atoms with Crippen LogP contribution in [-0.4, -0.2) is 17.8 Å². The Bertz CT molecular complexity index is 95.1. The third-order valence-electron chi connectivity index (χ3n) is 0.848. The molecule has 0 radical (unpaired) electrons. The Kier molecular flexibility index (Phi) is 4.14. The van der Waals surface area contributed by atoms with Gasteiger partial charge in [-0.1, -0.05) is 0 Å². The molecule has 2 nitrogen and oxygen atoms in total. The molecule has 0 amide bonds. The zero-order valence-corrected chi connectivity index (χ0v) is 6.22. The Labute approximate surface area is 56.1 Å². The predicted octanol–water partition coefficient (Wildman–Crippen LogP) is 1.31. The van der Waals surface area contributed by atoms with E-state index < -0.39 is 6.10 Å². The molecule has 0 aromatic rings. The lowest BCUT2D eigenvalue weighted by atomic mass is 10.3. The normalized spacial score (nSPS) is 15.3. The lowest BCUT2D eigenvalue weighted by Crippen LogP contribution is -1.96. The molecule has 0 spiro atoms. The summed E-state index contributed by atoms with van der Waals surface area (Å²) in [6.45, 7) is 6.10. The number of ether oxygens (including phenoxy) is 1. The summed E-state index contributed by atoms with van der Waals surface area (Å²) in [5.41, 5.74) is 0. The standard InChI is InChI=1S/C7H14O2/c1-4-9-7(3)5-6(2)8/h5-6,8H,4H2,1-3H3/b7-5-. The van der Waals surface area contributed by atoms with E-state index in [9.17, 15) is 0 Å². The van der Waals surface area contributed by atoms with Gasteiger partial charge in [-0.3, -0.25) is 0 Å². The Balaban J connectivity index is 3.55. The van der Waals surface area contributed by atoms with Crippen molar-refractivity contribution in [2.75, 3.05) is 6.61 Å². The van der Waals surface area contributed by atoms with Crippen LogP contribution in [0.3, 0.4) is 0 Å². The van der Waals surface area contributed by atoms with Crippen LogP contribution >= 0.6 is 0 Å². The van der Waals surface area contributed by atoms with Crippen LogP contribution in [0.25, 0.3) is 0 Å². The zero-order valence-electron chi connectivity index (χ0n) is 6.22. The lowest BCUT2D eigenvalue weighted by Gasteiger charge is -2.02. The van der Waals surface area contributed by atoms with Gasteiger partial charge >= 0.3 is 0 Å². The number of rotatable bonds is 3. The largest absolute Gasteiger partial charge is 0.499 e. The number of allylic oxidation sites excluding steroid dienone is 1. The molecule has 0 saturated heterocycles. The summed E-state index contributed by atoms with van der Waals surface area (Å²) in [6, 6.07) is 0. The fraction of sp³-hybridized carbons (Fsp3) is 0.714. The summed E-state index contributed by atoms with van der Waals surface area (Å²) in [5, 5.41) is 8.79. The molecular formula is C7H14O2. The molecule has 1 unspecified atom stereocenters. The van der Waals surface area contributed by atoms with Gasteiger partial charge in [0.2, 0.25) is 0 Å². The van der Waals surface area contributed by atoms with Crippen LogP contribution in [0.4, 0.5) is 0 Å². The summed E-state index contributed by atoms with van der Waals surface area (Å²) in [7, 11) is 0. The molecule has 0 saturated carbocycles. The van der Waals surface area contributed by atoms with Crippen LogP contribution in [0.15, 0.2) is 11.8 Å². The number of aliphatic hydroxyl groups is 1. The molecule has 0 aromatic carbocycles.